The summed E-state index contributed by atoms with van der Waals surface area (Å²) in [6.07, 6.45) is 6.51. The highest BCUT2D eigenvalue weighted by Crippen LogP contribution is 2.34. The van der Waals surface area contributed by atoms with Crippen LogP contribution in [0.15, 0.2) is 12.4 Å². The van der Waals surface area contributed by atoms with Crippen LogP contribution in [-0.4, -0.2) is 31.7 Å². The highest BCUT2D eigenvalue weighted by atomic mass is 15.2. The third-order valence-corrected chi connectivity index (χ3v) is 3.50. The molecule has 0 aromatic carbocycles. The first kappa shape index (κ1) is 12.1. The van der Waals surface area contributed by atoms with Crippen LogP contribution < -0.4 is 5.32 Å². The topological polar surface area (TPSA) is 79.4 Å². The first-order valence-corrected chi connectivity index (χ1v) is 6.85. The van der Waals surface area contributed by atoms with Crippen molar-refractivity contribution in [2.45, 2.75) is 38.5 Å². The van der Waals surface area contributed by atoms with E-state index in [-0.39, 0.29) is 0 Å². The molecule has 1 aliphatic carbocycles. The fraction of sp³-hybridized carbons (Fsp3) is 0.538. The maximum atomic E-state index is 4.66. The molecule has 1 aliphatic rings. The van der Waals surface area contributed by atoms with Gasteiger partial charge in [-0.15, -0.1) is 0 Å². The number of aromatic amines is 1. The van der Waals surface area contributed by atoms with Crippen molar-refractivity contribution in [2.24, 2.45) is 0 Å². The van der Waals surface area contributed by atoms with Crippen LogP contribution >= 0.6 is 0 Å². The van der Waals surface area contributed by atoms with Crippen LogP contribution in [0.25, 0.3) is 11.6 Å². The number of hydrogen-bond donors (Lipinski definition) is 2. The number of aromatic nitrogens is 5. The molecule has 0 atom stereocenters. The zero-order valence-electron chi connectivity index (χ0n) is 11.1. The summed E-state index contributed by atoms with van der Waals surface area (Å²) in [6, 6.07) is 2.07. The molecule has 2 N–H and O–H groups in total. The molecule has 0 aliphatic heterocycles. The Bertz CT molecular complexity index is 530. The molecular weight excluding hydrogens is 240 g/mol. The number of hydrogen-bond acceptors (Lipinski definition) is 5. The molecule has 2 aromatic rings. The molecule has 0 saturated heterocycles. The number of H-pyrrole nitrogens is 1. The average Bonchev–Trinajstić information content (AvgIpc) is 3.12. The van der Waals surface area contributed by atoms with Gasteiger partial charge in [0.25, 0.3) is 0 Å². The lowest BCUT2D eigenvalue weighted by Gasteiger charge is -2.12. The van der Waals surface area contributed by atoms with Gasteiger partial charge in [-0.25, -0.2) is 15.0 Å². The van der Waals surface area contributed by atoms with Crippen molar-refractivity contribution in [3.63, 3.8) is 0 Å². The van der Waals surface area contributed by atoms with Crippen LogP contribution in [0.4, 0.5) is 5.82 Å². The monoisotopic (exact) mass is 258 g/mol. The molecule has 1 saturated carbocycles. The van der Waals surface area contributed by atoms with Gasteiger partial charge in [-0.1, -0.05) is 12.8 Å². The van der Waals surface area contributed by atoms with E-state index in [1.807, 2.05) is 0 Å². The van der Waals surface area contributed by atoms with Gasteiger partial charge in [0, 0.05) is 24.2 Å². The van der Waals surface area contributed by atoms with Gasteiger partial charge in [0.1, 0.15) is 12.1 Å². The van der Waals surface area contributed by atoms with E-state index >= 15 is 0 Å². The summed E-state index contributed by atoms with van der Waals surface area (Å²) >= 11 is 0. The second kappa shape index (κ2) is 5.34. The maximum Gasteiger partial charge on any atom is 0.199 e. The minimum absolute atomic E-state index is 0.557. The molecule has 2 heterocycles. The van der Waals surface area contributed by atoms with Crippen LogP contribution in [0.5, 0.6) is 0 Å². The summed E-state index contributed by atoms with van der Waals surface area (Å²) < 4.78 is 0. The standard InChI is InChI=1S/C13H18N6/c1-2-14-11-7-10(9-5-3-4-6-9)17-13(18-11)12-15-8-16-19-12/h7-9H,2-6H2,1H3,(H,14,17,18)(H,15,16,19). The van der Waals surface area contributed by atoms with E-state index in [4.69, 9.17) is 0 Å². The van der Waals surface area contributed by atoms with Crippen molar-refractivity contribution in [1.29, 1.82) is 0 Å². The van der Waals surface area contributed by atoms with Crippen molar-refractivity contribution in [3.05, 3.63) is 18.1 Å². The van der Waals surface area contributed by atoms with E-state index in [0.717, 1.165) is 18.1 Å². The third-order valence-electron chi connectivity index (χ3n) is 3.50. The van der Waals surface area contributed by atoms with E-state index < -0.39 is 0 Å². The van der Waals surface area contributed by atoms with Crippen LogP contribution in [0.2, 0.25) is 0 Å². The Kier molecular flexibility index (Phi) is 3.39. The summed E-state index contributed by atoms with van der Waals surface area (Å²) in [7, 11) is 0. The van der Waals surface area contributed by atoms with E-state index in [0.29, 0.717) is 17.6 Å². The average molecular weight is 258 g/mol. The third kappa shape index (κ3) is 2.57. The summed E-state index contributed by atoms with van der Waals surface area (Å²) in [6.45, 7) is 2.91. The fourth-order valence-electron chi connectivity index (χ4n) is 2.59. The second-order valence-corrected chi connectivity index (χ2v) is 4.85. The zero-order chi connectivity index (χ0) is 13.1. The van der Waals surface area contributed by atoms with E-state index in [1.54, 1.807) is 0 Å². The van der Waals surface area contributed by atoms with Gasteiger partial charge in [0.15, 0.2) is 11.6 Å². The lowest BCUT2D eigenvalue weighted by atomic mass is 10.0. The minimum Gasteiger partial charge on any atom is -0.370 e. The lowest BCUT2D eigenvalue weighted by molar-refractivity contribution is 0.695. The Labute approximate surface area is 112 Å². The van der Waals surface area contributed by atoms with E-state index in [1.165, 1.54) is 32.0 Å². The van der Waals surface area contributed by atoms with Crippen molar-refractivity contribution in [3.8, 4) is 11.6 Å². The molecular formula is C13H18N6. The van der Waals surface area contributed by atoms with Gasteiger partial charge in [-0.2, -0.15) is 5.10 Å². The molecule has 0 bridgehead atoms. The highest BCUT2D eigenvalue weighted by molar-refractivity contribution is 5.49. The molecule has 2 aromatic heterocycles. The minimum atomic E-state index is 0.557. The van der Waals surface area contributed by atoms with Crippen LogP contribution in [-0.2, 0) is 0 Å². The Morgan fingerprint density at radius 2 is 2.16 bits per heavy atom. The number of anilines is 1. The summed E-state index contributed by atoms with van der Waals surface area (Å²) in [5, 5.41) is 9.95. The Balaban J connectivity index is 1.98. The number of nitrogens with zero attached hydrogens (tertiary/aromatic N) is 4. The van der Waals surface area contributed by atoms with Crippen molar-refractivity contribution in [1.82, 2.24) is 25.1 Å². The molecule has 0 spiro atoms. The highest BCUT2D eigenvalue weighted by Gasteiger charge is 2.20. The maximum absolute atomic E-state index is 4.66. The second-order valence-electron chi connectivity index (χ2n) is 4.85. The molecule has 0 radical (unpaired) electrons. The molecule has 1 fully saturated rings. The molecule has 3 rings (SSSR count). The Morgan fingerprint density at radius 1 is 1.32 bits per heavy atom. The van der Waals surface area contributed by atoms with Gasteiger partial charge in [-0.05, 0) is 19.8 Å². The molecule has 19 heavy (non-hydrogen) atoms. The van der Waals surface area contributed by atoms with E-state index in [9.17, 15) is 0 Å². The van der Waals surface area contributed by atoms with Gasteiger partial charge in [0.2, 0.25) is 0 Å². The van der Waals surface area contributed by atoms with Gasteiger partial charge >= 0.3 is 0 Å². The van der Waals surface area contributed by atoms with Crippen molar-refractivity contribution >= 4 is 5.82 Å². The SMILES string of the molecule is CCNc1cc(C2CCCC2)nc(-c2ncn[nH]2)n1. The van der Waals surface area contributed by atoms with Crippen molar-refractivity contribution in [2.75, 3.05) is 11.9 Å². The molecule has 6 heteroatoms. The largest absolute Gasteiger partial charge is 0.370 e. The quantitative estimate of drug-likeness (QED) is 0.880. The fourth-order valence-corrected chi connectivity index (χ4v) is 2.59. The molecule has 100 valence electrons. The smallest absolute Gasteiger partial charge is 0.199 e. The lowest BCUT2D eigenvalue weighted by Crippen LogP contribution is -2.06. The molecule has 0 unspecified atom stereocenters. The normalized spacial score (nSPS) is 15.8. The van der Waals surface area contributed by atoms with Gasteiger partial charge in [0.05, 0.1) is 0 Å². The van der Waals surface area contributed by atoms with Gasteiger partial charge in [-0.3, -0.25) is 5.10 Å². The van der Waals surface area contributed by atoms with E-state index in [2.05, 4.69) is 43.5 Å². The number of nitrogens with one attached hydrogen (secondary N) is 2. The first-order valence-electron chi connectivity index (χ1n) is 6.85. The predicted octanol–water partition coefficient (Wildman–Crippen LogP) is 2.35. The van der Waals surface area contributed by atoms with Crippen molar-refractivity contribution < 1.29 is 0 Å². The van der Waals surface area contributed by atoms with Gasteiger partial charge < -0.3 is 5.32 Å². The van der Waals surface area contributed by atoms with Crippen LogP contribution in [0.3, 0.4) is 0 Å². The van der Waals surface area contributed by atoms with Crippen LogP contribution in [0.1, 0.15) is 44.2 Å². The number of rotatable bonds is 4. The summed E-state index contributed by atoms with van der Waals surface area (Å²) in [4.78, 5) is 13.3. The summed E-state index contributed by atoms with van der Waals surface area (Å²) in [5.74, 6) is 2.67. The van der Waals surface area contributed by atoms with Crippen LogP contribution in [0, 0.1) is 0 Å². The Hall–Kier alpha value is -1.98. The predicted molar refractivity (Wildman–Crippen MR) is 72.8 cm³/mol. The summed E-state index contributed by atoms with van der Waals surface area (Å²) in [5.41, 5.74) is 1.12. The molecule has 0 amide bonds. The molecule has 6 nitrogen and oxygen atoms in total. The first-order chi connectivity index (χ1) is 9.36. The Morgan fingerprint density at radius 3 is 2.84 bits per heavy atom. The zero-order valence-corrected chi connectivity index (χ0v) is 11.1.